The minimum atomic E-state index is -0.351. The third-order valence-corrected chi connectivity index (χ3v) is 3.92. The maximum atomic E-state index is 12.0. The van der Waals surface area contributed by atoms with E-state index in [0.29, 0.717) is 6.54 Å². The van der Waals surface area contributed by atoms with Crippen LogP contribution in [0.25, 0.3) is 0 Å². The van der Waals surface area contributed by atoms with Crippen LogP contribution in [-0.4, -0.2) is 46.4 Å². The van der Waals surface area contributed by atoms with Crippen molar-refractivity contribution in [3.05, 3.63) is 52.1 Å². The van der Waals surface area contributed by atoms with Crippen molar-refractivity contribution in [2.75, 3.05) is 18.0 Å². The van der Waals surface area contributed by atoms with Crippen LogP contribution in [-0.2, 0) is 11.3 Å². The highest BCUT2D eigenvalue weighted by atomic mass is 16.5. The first-order chi connectivity index (χ1) is 12.0. The van der Waals surface area contributed by atoms with Gasteiger partial charge in [-0.05, 0) is 31.5 Å². The van der Waals surface area contributed by atoms with E-state index in [1.54, 1.807) is 6.20 Å². The summed E-state index contributed by atoms with van der Waals surface area (Å²) in [7, 11) is 0. The Labute approximate surface area is 145 Å². The van der Waals surface area contributed by atoms with Gasteiger partial charge in [-0.1, -0.05) is 6.07 Å². The number of aromatic amines is 1. The molecule has 0 unspecified atom stereocenters. The van der Waals surface area contributed by atoms with Crippen molar-refractivity contribution in [3.8, 4) is 0 Å². The van der Waals surface area contributed by atoms with Gasteiger partial charge >= 0.3 is 0 Å². The third kappa shape index (κ3) is 4.42. The smallest absolute Gasteiger partial charge is 0.271 e. The number of anilines is 1. The second-order valence-corrected chi connectivity index (χ2v) is 6.18. The molecule has 2 aromatic heterocycles. The fourth-order valence-corrected chi connectivity index (χ4v) is 2.82. The molecule has 1 aliphatic rings. The van der Waals surface area contributed by atoms with Gasteiger partial charge in [-0.2, -0.15) is 5.10 Å². The number of H-pyrrole nitrogens is 1. The second-order valence-electron chi connectivity index (χ2n) is 6.18. The summed E-state index contributed by atoms with van der Waals surface area (Å²) in [6.07, 6.45) is 2.10. The number of nitrogens with one attached hydrogen (secondary N) is 2. The van der Waals surface area contributed by atoms with E-state index in [1.807, 2.05) is 12.1 Å². The van der Waals surface area contributed by atoms with E-state index in [0.717, 1.165) is 24.5 Å². The number of hydrogen-bond donors (Lipinski definition) is 2. The van der Waals surface area contributed by atoms with Crippen LogP contribution in [0.1, 0.15) is 29.9 Å². The average molecular weight is 343 g/mol. The molecule has 2 atom stereocenters. The number of carbonyl (C=O) groups excluding carboxylic acids is 1. The zero-order valence-electron chi connectivity index (χ0n) is 14.2. The number of ether oxygens (including phenoxy) is 1. The van der Waals surface area contributed by atoms with Crippen molar-refractivity contribution >= 4 is 11.7 Å². The van der Waals surface area contributed by atoms with E-state index in [9.17, 15) is 9.59 Å². The maximum absolute atomic E-state index is 12.0. The molecule has 0 aliphatic carbocycles. The van der Waals surface area contributed by atoms with Crippen LogP contribution < -0.4 is 15.8 Å². The lowest BCUT2D eigenvalue weighted by molar-refractivity contribution is -0.00546. The average Bonchev–Trinajstić information content (AvgIpc) is 2.60. The van der Waals surface area contributed by atoms with Crippen LogP contribution in [0.5, 0.6) is 0 Å². The minimum absolute atomic E-state index is 0.167. The fourth-order valence-electron chi connectivity index (χ4n) is 2.82. The first kappa shape index (κ1) is 17.1. The van der Waals surface area contributed by atoms with Gasteiger partial charge in [0.25, 0.3) is 11.5 Å². The van der Waals surface area contributed by atoms with Gasteiger partial charge in [0.15, 0.2) is 0 Å². The molecule has 8 heteroatoms. The van der Waals surface area contributed by atoms with Crippen molar-refractivity contribution in [2.24, 2.45) is 0 Å². The molecule has 0 spiro atoms. The molecule has 0 bridgehead atoms. The van der Waals surface area contributed by atoms with E-state index in [4.69, 9.17) is 4.74 Å². The fraction of sp³-hybridized carbons (Fsp3) is 0.412. The third-order valence-electron chi connectivity index (χ3n) is 3.92. The molecule has 132 valence electrons. The minimum Gasteiger partial charge on any atom is -0.372 e. The Morgan fingerprint density at radius 2 is 2.04 bits per heavy atom. The van der Waals surface area contributed by atoms with Crippen LogP contribution in [0.2, 0.25) is 0 Å². The van der Waals surface area contributed by atoms with Crippen LogP contribution in [0.4, 0.5) is 5.82 Å². The van der Waals surface area contributed by atoms with Gasteiger partial charge in [-0.3, -0.25) is 9.59 Å². The molecule has 1 amide bonds. The highest BCUT2D eigenvalue weighted by Gasteiger charge is 2.22. The molecular weight excluding hydrogens is 322 g/mol. The normalized spacial score (nSPS) is 20.3. The summed E-state index contributed by atoms with van der Waals surface area (Å²) < 4.78 is 5.73. The summed E-state index contributed by atoms with van der Waals surface area (Å²) in [4.78, 5) is 29.6. The Hall–Kier alpha value is -2.74. The summed E-state index contributed by atoms with van der Waals surface area (Å²) in [5, 5.41) is 8.68. The number of morpholine rings is 1. The molecule has 1 saturated heterocycles. The highest BCUT2D eigenvalue weighted by molar-refractivity contribution is 5.91. The van der Waals surface area contributed by atoms with Crippen LogP contribution in [0, 0.1) is 0 Å². The zero-order valence-corrected chi connectivity index (χ0v) is 14.2. The van der Waals surface area contributed by atoms with Crippen molar-refractivity contribution < 1.29 is 9.53 Å². The number of carbonyl (C=O) groups is 1. The van der Waals surface area contributed by atoms with Crippen LogP contribution in [0.3, 0.4) is 0 Å². The second kappa shape index (κ2) is 7.43. The van der Waals surface area contributed by atoms with E-state index >= 15 is 0 Å². The number of pyridine rings is 1. The van der Waals surface area contributed by atoms with Crippen molar-refractivity contribution in [2.45, 2.75) is 32.6 Å². The lowest BCUT2D eigenvalue weighted by Gasteiger charge is -2.36. The monoisotopic (exact) mass is 343 g/mol. The zero-order chi connectivity index (χ0) is 17.8. The Morgan fingerprint density at radius 1 is 1.28 bits per heavy atom. The largest absolute Gasteiger partial charge is 0.372 e. The molecule has 2 aromatic rings. The molecule has 2 N–H and O–H groups in total. The number of nitrogens with zero attached hydrogens (tertiary/aromatic N) is 3. The van der Waals surface area contributed by atoms with Gasteiger partial charge in [-0.15, -0.1) is 0 Å². The van der Waals surface area contributed by atoms with Gasteiger partial charge in [-0.25, -0.2) is 10.1 Å². The molecule has 0 saturated carbocycles. The Morgan fingerprint density at radius 3 is 2.64 bits per heavy atom. The summed E-state index contributed by atoms with van der Waals surface area (Å²) in [5.74, 6) is 0.551. The van der Waals surface area contributed by atoms with Gasteiger partial charge in [0.1, 0.15) is 11.5 Å². The first-order valence-corrected chi connectivity index (χ1v) is 8.20. The molecule has 0 radical (unpaired) electrons. The number of aromatic nitrogens is 3. The molecule has 0 aromatic carbocycles. The maximum Gasteiger partial charge on any atom is 0.271 e. The molecular formula is C17H21N5O3. The van der Waals surface area contributed by atoms with Crippen LogP contribution >= 0.6 is 0 Å². The van der Waals surface area contributed by atoms with Crippen molar-refractivity contribution in [1.29, 1.82) is 0 Å². The predicted molar refractivity (Wildman–Crippen MR) is 92.5 cm³/mol. The van der Waals surface area contributed by atoms with E-state index in [2.05, 4.69) is 39.2 Å². The standard InChI is InChI=1S/C17H21N5O3/c1-11-9-22(10-12(2)25-11)15-5-3-13(7-18-15)8-19-17(24)14-4-6-16(23)21-20-14/h3-7,11-12H,8-10H2,1-2H3,(H,19,24)(H,21,23)/t11-,12+. The lowest BCUT2D eigenvalue weighted by Crippen LogP contribution is -2.45. The number of rotatable bonds is 4. The number of amides is 1. The molecule has 8 nitrogen and oxygen atoms in total. The van der Waals surface area contributed by atoms with E-state index < -0.39 is 0 Å². The van der Waals surface area contributed by atoms with Gasteiger partial charge in [0.05, 0.1) is 12.2 Å². The predicted octanol–water partition coefficient (Wildman–Crippen LogP) is 0.708. The SMILES string of the molecule is C[C@@H]1CN(c2ccc(CNC(=O)c3ccc(=O)[nH]n3)cn2)C[C@H](C)O1. The Kier molecular flexibility index (Phi) is 5.08. The van der Waals surface area contributed by atoms with Gasteiger partial charge in [0, 0.05) is 31.9 Å². The van der Waals surface area contributed by atoms with E-state index in [-0.39, 0.29) is 29.4 Å². The molecule has 1 fully saturated rings. The number of hydrogen-bond acceptors (Lipinski definition) is 6. The quantitative estimate of drug-likeness (QED) is 0.848. The van der Waals surface area contributed by atoms with Crippen molar-refractivity contribution in [3.63, 3.8) is 0 Å². The van der Waals surface area contributed by atoms with Crippen LogP contribution in [0.15, 0.2) is 35.3 Å². The van der Waals surface area contributed by atoms with Crippen molar-refractivity contribution in [1.82, 2.24) is 20.5 Å². The summed E-state index contributed by atoms with van der Waals surface area (Å²) >= 11 is 0. The lowest BCUT2D eigenvalue weighted by atomic mass is 10.2. The Balaban J connectivity index is 1.58. The summed E-state index contributed by atoms with van der Waals surface area (Å²) in [5.41, 5.74) is 0.708. The highest BCUT2D eigenvalue weighted by Crippen LogP contribution is 2.18. The topological polar surface area (TPSA) is 100 Å². The Bertz CT molecular complexity index is 759. The molecule has 3 heterocycles. The summed E-state index contributed by atoms with van der Waals surface area (Å²) in [6.45, 7) is 6.06. The molecule has 1 aliphatic heterocycles. The first-order valence-electron chi connectivity index (χ1n) is 8.20. The van der Waals surface area contributed by atoms with Gasteiger partial charge in [0.2, 0.25) is 0 Å². The molecule has 25 heavy (non-hydrogen) atoms. The van der Waals surface area contributed by atoms with Gasteiger partial charge < -0.3 is 15.0 Å². The van der Waals surface area contributed by atoms with E-state index in [1.165, 1.54) is 12.1 Å². The molecule has 3 rings (SSSR count). The summed E-state index contributed by atoms with van der Waals surface area (Å²) in [6, 6.07) is 6.54.